The first kappa shape index (κ1) is 11.2. The molecule has 0 saturated heterocycles. The van der Waals surface area contributed by atoms with Crippen LogP contribution in [-0.2, 0) is 4.79 Å². The first-order valence-corrected chi connectivity index (χ1v) is 4.40. The van der Waals surface area contributed by atoms with Gasteiger partial charge in [-0.05, 0) is 18.3 Å². The molecule has 2 nitrogen and oxygen atoms in total. The van der Waals surface area contributed by atoms with Crippen LogP contribution in [0.4, 0.5) is 0 Å². The van der Waals surface area contributed by atoms with E-state index in [4.69, 9.17) is 5.11 Å². The first-order valence-electron chi connectivity index (χ1n) is 4.40. The Hall–Kier alpha value is -0.790. The van der Waals surface area contributed by atoms with Gasteiger partial charge in [0.15, 0.2) is 0 Å². The van der Waals surface area contributed by atoms with Gasteiger partial charge >= 0.3 is 5.97 Å². The minimum absolute atomic E-state index is 0.144. The summed E-state index contributed by atoms with van der Waals surface area (Å²) in [6.45, 7) is 6.53. The zero-order valence-corrected chi connectivity index (χ0v) is 8.08. The van der Waals surface area contributed by atoms with Crippen molar-refractivity contribution in [1.29, 1.82) is 0 Å². The maximum Gasteiger partial charge on any atom is 0.307 e. The van der Waals surface area contributed by atoms with Gasteiger partial charge in [0.25, 0.3) is 0 Å². The first-order chi connectivity index (χ1) is 5.54. The molecule has 0 fully saturated rings. The molecule has 0 aliphatic rings. The monoisotopic (exact) mass is 170 g/mol. The van der Waals surface area contributed by atoms with Crippen LogP contribution in [0.3, 0.4) is 0 Å². The van der Waals surface area contributed by atoms with Crippen LogP contribution in [0.25, 0.3) is 0 Å². The molecule has 12 heavy (non-hydrogen) atoms. The van der Waals surface area contributed by atoms with Crippen molar-refractivity contribution in [3.05, 3.63) is 12.2 Å². The normalized spacial score (nSPS) is 14.0. The van der Waals surface area contributed by atoms with E-state index in [1.165, 1.54) is 0 Å². The van der Waals surface area contributed by atoms with E-state index in [-0.39, 0.29) is 6.42 Å². The van der Waals surface area contributed by atoms with E-state index in [0.29, 0.717) is 11.8 Å². The highest BCUT2D eigenvalue weighted by atomic mass is 16.4. The van der Waals surface area contributed by atoms with E-state index >= 15 is 0 Å². The molecular formula is C10H18O2. The van der Waals surface area contributed by atoms with Crippen LogP contribution in [0.2, 0.25) is 0 Å². The predicted octanol–water partition coefficient (Wildman–Crippen LogP) is 2.70. The van der Waals surface area contributed by atoms with Gasteiger partial charge in [-0.1, -0.05) is 32.9 Å². The standard InChI is InChI=1S/C10H18O2/c1-8(2)9(3)6-4-5-7-10(11)12/h4-5,8-9H,6-7H2,1-3H3,(H,11,12)/b5-4+. The summed E-state index contributed by atoms with van der Waals surface area (Å²) in [6.07, 6.45) is 4.80. The second-order valence-electron chi connectivity index (χ2n) is 3.53. The molecule has 1 N–H and O–H groups in total. The summed E-state index contributed by atoms with van der Waals surface area (Å²) in [5, 5.41) is 8.34. The van der Waals surface area contributed by atoms with Gasteiger partial charge in [0, 0.05) is 0 Å². The number of carbonyl (C=O) groups is 1. The lowest BCUT2D eigenvalue weighted by Gasteiger charge is -2.11. The molecule has 1 atom stereocenters. The lowest BCUT2D eigenvalue weighted by atomic mass is 9.94. The number of carboxylic acids is 1. The molecule has 0 bridgehead atoms. The van der Waals surface area contributed by atoms with E-state index in [1.54, 1.807) is 6.08 Å². The van der Waals surface area contributed by atoms with Gasteiger partial charge in [-0.15, -0.1) is 0 Å². The van der Waals surface area contributed by atoms with Crippen LogP contribution in [0.15, 0.2) is 12.2 Å². The van der Waals surface area contributed by atoms with Crippen molar-refractivity contribution in [2.24, 2.45) is 11.8 Å². The molecule has 0 aromatic rings. The average Bonchev–Trinajstić information content (AvgIpc) is 1.97. The fourth-order valence-electron chi connectivity index (χ4n) is 0.767. The summed E-state index contributed by atoms with van der Waals surface area (Å²) in [7, 11) is 0. The third-order valence-corrected chi connectivity index (χ3v) is 2.11. The largest absolute Gasteiger partial charge is 0.481 e. The Morgan fingerprint density at radius 2 is 1.92 bits per heavy atom. The number of hydrogen-bond acceptors (Lipinski definition) is 1. The van der Waals surface area contributed by atoms with Crippen LogP contribution in [-0.4, -0.2) is 11.1 Å². The minimum atomic E-state index is -0.761. The molecule has 1 unspecified atom stereocenters. The van der Waals surface area contributed by atoms with Crippen molar-refractivity contribution in [3.8, 4) is 0 Å². The summed E-state index contributed by atoms with van der Waals surface area (Å²) in [4.78, 5) is 10.1. The maximum absolute atomic E-state index is 10.1. The molecule has 0 amide bonds. The molecule has 0 aromatic carbocycles. The fourth-order valence-corrected chi connectivity index (χ4v) is 0.767. The van der Waals surface area contributed by atoms with Gasteiger partial charge in [-0.25, -0.2) is 0 Å². The van der Waals surface area contributed by atoms with E-state index in [0.717, 1.165) is 6.42 Å². The van der Waals surface area contributed by atoms with Gasteiger partial charge in [0.1, 0.15) is 0 Å². The lowest BCUT2D eigenvalue weighted by molar-refractivity contribution is -0.136. The van der Waals surface area contributed by atoms with Crippen LogP contribution in [0, 0.1) is 11.8 Å². The molecular weight excluding hydrogens is 152 g/mol. The molecule has 2 heteroatoms. The zero-order valence-electron chi connectivity index (χ0n) is 8.08. The van der Waals surface area contributed by atoms with Gasteiger partial charge in [-0.3, -0.25) is 4.79 Å². The second-order valence-corrected chi connectivity index (χ2v) is 3.53. The molecule has 0 aromatic heterocycles. The Labute approximate surface area is 74.3 Å². The van der Waals surface area contributed by atoms with Crippen molar-refractivity contribution in [3.63, 3.8) is 0 Å². The molecule has 0 aliphatic heterocycles. The van der Waals surface area contributed by atoms with Crippen LogP contribution >= 0.6 is 0 Å². The van der Waals surface area contributed by atoms with Gasteiger partial charge < -0.3 is 5.11 Å². The number of allylic oxidation sites excluding steroid dienone is 1. The molecule has 0 rings (SSSR count). The molecule has 0 heterocycles. The third-order valence-electron chi connectivity index (χ3n) is 2.11. The van der Waals surface area contributed by atoms with Gasteiger partial charge in [-0.2, -0.15) is 0 Å². The van der Waals surface area contributed by atoms with Crippen molar-refractivity contribution < 1.29 is 9.90 Å². The SMILES string of the molecule is CC(C)C(C)C/C=C/CC(=O)O. The van der Waals surface area contributed by atoms with Crippen LogP contribution < -0.4 is 0 Å². The molecule has 0 aliphatic carbocycles. The van der Waals surface area contributed by atoms with E-state index in [1.807, 2.05) is 6.08 Å². The van der Waals surface area contributed by atoms with E-state index in [9.17, 15) is 4.79 Å². The summed E-state index contributed by atoms with van der Waals surface area (Å²) < 4.78 is 0. The molecule has 0 radical (unpaired) electrons. The zero-order chi connectivity index (χ0) is 9.56. The quantitative estimate of drug-likeness (QED) is 0.644. The van der Waals surface area contributed by atoms with Gasteiger partial charge in [0.2, 0.25) is 0 Å². The maximum atomic E-state index is 10.1. The minimum Gasteiger partial charge on any atom is -0.481 e. The van der Waals surface area contributed by atoms with Crippen LogP contribution in [0.1, 0.15) is 33.6 Å². The average molecular weight is 170 g/mol. The molecule has 0 spiro atoms. The Balaban J connectivity index is 3.53. The summed E-state index contributed by atoms with van der Waals surface area (Å²) in [6, 6.07) is 0. The summed E-state index contributed by atoms with van der Waals surface area (Å²) in [5.74, 6) is 0.540. The number of hydrogen-bond donors (Lipinski definition) is 1. The van der Waals surface area contributed by atoms with E-state index < -0.39 is 5.97 Å². The van der Waals surface area contributed by atoms with Gasteiger partial charge in [0.05, 0.1) is 6.42 Å². The third kappa shape index (κ3) is 5.96. The molecule has 0 saturated carbocycles. The smallest absolute Gasteiger partial charge is 0.307 e. The fraction of sp³-hybridized carbons (Fsp3) is 0.700. The Kier molecular flexibility index (Phi) is 5.43. The number of aliphatic carboxylic acids is 1. The van der Waals surface area contributed by atoms with Crippen LogP contribution in [0.5, 0.6) is 0 Å². The number of rotatable bonds is 5. The van der Waals surface area contributed by atoms with Crippen molar-refractivity contribution in [2.75, 3.05) is 0 Å². The highest BCUT2D eigenvalue weighted by Crippen LogP contribution is 2.14. The Morgan fingerprint density at radius 3 is 2.33 bits per heavy atom. The highest BCUT2D eigenvalue weighted by Gasteiger charge is 2.03. The topological polar surface area (TPSA) is 37.3 Å². The second kappa shape index (κ2) is 5.81. The Morgan fingerprint density at radius 1 is 1.33 bits per heavy atom. The predicted molar refractivity (Wildman–Crippen MR) is 50.0 cm³/mol. The van der Waals surface area contributed by atoms with Crippen molar-refractivity contribution in [2.45, 2.75) is 33.6 Å². The lowest BCUT2D eigenvalue weighted by Crippen LogP contribution is -2.01. The van der Waals surface area contributed by atoms with E-state index in [2.05, 4.69) is 20.8 Å². The Bertz CT molecular complexity index is 159. The highest BCUT2D eigenvalue weighted by molar-refractivity contribution is 5.68. The number of carboxylic acid groups (broad SMARTS) is 1. The summed E-state index contributed by atoms with van der Waals surface area (Å²) >= 11 is 0. The van der Waals surface area contributed by atoms with Crippen molar-refractivity contribution in [1.82, 2.24) is 0 Å². The molecule has 70 valence electrons. The summed E-state index contributed by atoms with van der Waals surface area (Å²) in [5.41, 5.74) is 0. The van der Waals surface area contributed by atoms with Crippen molar-refractivity contribution >= 4 is 5.97 Å².